The van der Waals surface area contributed by atoms with Gasteiger partial charge in [-0.05, 0) is 6.07 Å². The third-order valence-electron chi connectivity index (χ3n) is 2.06. The SMILES string of the molecule is N#Cc1cc(N2C=CN=CC2)c[nH]c1=O. The predicted molar refractivity (Wildman–Crippen MR) is 56.8 cm³/mol. The molecule has 0 saturated heterocycles. The van der Waals surface area contributed by atoms with Gasteiger partial charge in [-0.15, -0.1) is 0 Å². The third kappa shape index (κ3) is 1.79. The number of nitriles is 1. The number of aliphatic imine (C=N–C) groups is 1. The lowest BCUT2D eigenvalue weighted by atomic mass is 10.2. The van der Waals surface area contributed by atoms with Gasteiger partial charge in [0.2, 0.25) is 0 Å². The topological polar surface area (TPSA) is 72.2 Å². The minimum absolute atomic E-state index is 0.114. The zero-order valence-electron chi connectivity index (χ0n) is 7.84. The van der Waals surface area contributed by atoms with Crippen molar-refractivity contribution in [3.05, 3.63) is 40.6 Å². The second-order valence-electron chi connectivity index (χ2n) is 2.99. The van der Waals surface area contributed by atoms with E-state index < -0.39 is 0 Å². The van der Waals surface area contributed by atoms with E-state index in [1.54, 1.807) is 30.9 Å². The van der Waals surface area contributed by atoms with Crippen LogP contribution < -0.4 is 10.5 Å². The summed E-state index contributed by atoms with van der Waals surface area (Å²) in [6.45, 7) is 0.632. The summed E-state index contributed by atoms with van der Waals surface area (Å²) < 4.78 is 0. The first-order chi connectivity index (χ1) is 7.31. The molecule has 0 aliphatic carbocycles. The largest absolute Gasteiger partial charge is 0.340 e. The van der Waals surface area contributed by atoms with Crippen molar-refractivity contribution in [3.8, 4) is 6.07 Å². The first kappa shape index (κ1) is 9.21. The van der Waals surface area contributed by atoms with E-state index >= 15 is 0 Å². The molecule has 0 amide bonds. The van der Waals surface area contributed by atoms with E-state index in [9.17, 15) is 4.79 Å². The number of rotatable bonds is 1. The highest BCUT2D eigenvalue weighted by Gasteiger charge is 2.06. The van der Waals surface area contributed by atoms with Crippen LogP contribution in [0.3, 0.4) is 0 Å². The minimum atomic E-state index is -0.365. The molecule has 1 aliphatic heterocycles. The van der Waals surface area contributed by atoms with E-state index in [-0.39, 0.29) is 11.1 Å². The van der Waals surface area contributed by atoms with Crippen LogP contribution in [-0.2, 0) is 0 Å². The molecule has 74 valence electrons. The Morgan fingerprint density at radius 1 is 1.60 bits per heavy atom. The Bertz CT molecular complexity index is 521. The minimum Gasteiger partial charge on any atom is -0.340 e. The monoisotopic (exact) mass is 200 g/mol. The van der Waals surface area contributed by atoms with E-state index in [0.29, 0.717) is 6.54 Å². The van der Waals surface area contributed by atoms with E-state index in [0.717, 1.165) is 5.69 Å². The molecule has 0 spiro atoms. The maximum atomic E-state index is 11.1. The van der Waals surface area contributed by atoms with Crippen molar-refractivity contribution in [2.75, 3.05) is 11.4 Å². The highest BCUT2D eigenvalue weighted by Crippen LogP contribution is 2.13. The lowest BCUT2D eigenvalue weighted by Crippen LogP contribution is -2.22. The lowest BCUT2D eigenvalue weighted by molar-refractivity contribution is 1.08. The number of nitrogens with one attached hydrogen (secondary N) is 1. The molecule has 0 unspecified atom stereocenters. The van der Waals surface area contributed by atoms with Gasteiger partial charge in [-0.3, -0.25) is 9.79 Å². The molecule has 5 heteroatoms. The fourth-order valence-electron chi connectivity index (χ4n) is 1.29. The second-order valence-corrected chi connectivity index (χ2v) is 2.99. The van der Waals surface area contributed by atoms with Gasteiger partial charge in [-0.25, -0.2) is 0 Å². The van der Waals surface area contributed by atoms with E-state index in [1.165, 1.54) is 0 Å². The lowest BCUT2D eigenvalue weighted by Gasteiger charge is -2.19. The average Bonchev–Trinajstić information content (AvgIpc) is 2.31. The second kappa shape index (κ2) is 3.80. The number of nitrogens with zero attached hydrogens (tertiary/aromatic N) is 3. The van der Waals surface area contributed by atoms with Gasteiger partial charge in [-0.1, -0.05) is 0 Å². The third-order valence-corrected chi connectivity index (χ3v) is 2.06. The first-order valence-corrected chi connectivity index (χ1v) is 4.39. The average molecular weight is 200 g/mol. The van der Waals surface area contributed by atoms with Crippen LogP contribution in [0.15, 0.2) is 34.5 Å². The Labute approximate surface area is 86.0 Å². The normalized spacial score (nSPS) is 13.9. The van der Waals surface area contributed by atoms with Crippen LogP contribution in [0.5, 0.6) is 0 Å². The van der Waals surface area contributed by atoms with Gasteiger partial charge in [0, 0.05) is 24.8 Å². The fourth-order valence-corrected chi connectivity index (χ4v) is 1.29. The zero-order chi connectivity index (χ0) is 10.7. The molecule has 0 saturated carbocycles. The molecule has 1 aromatic rings. The summed E-state index contributed by atoms with van der Waals surface area (Å²) in [7, 11) is 0. The van der Waals surface area contributed by atoms with Crippen LogP contribution >= 0.6 is 0 Å². The van der Waals surface area contributed by atoms with Crippen molar-refractivity contribution in [1.82, 2.24) is 4.98 Å². The highest BCUT2D eigenvalue weighted by molar-refractivity contribution is 5.69. The molecule has 1 N–H and O–H groups in total. The van der Waals surface area contributed by atoms with E-state index in [4.69, 9.17) is 5.26 Å². The van der Waals surface area contributed by atoms with Gasteiger partial charge in [0.15, 0.2) is 0 Å². The maximum Gasteiger partial charge on any atom is 0.265 e. The van der Waals surface area contributed by atoms with Crippen LogP contribution in [-0.4, -0.2) is 17.7 Å². The van der Waals surface area contributed by atoms with Crippen molar-refractivity contribution in [2.45, 2.75) is 0 Å². The van der Waals surface area contributed by atoms with Gasteiger partial charge in [-0.2, -0.15) is 5.26 Å². The van der Waals surface area contributed by atoms with Crippen LogP contribution in [0.2, 0.25) is 0 Å². The highest BCUT2D eigenvalue weighted by atomic mass is 16.1. The molecule has 15 heavy (non-hydrogen) atoms. The summed E-state index contributed by atoms with van der Waals surface area (Å²) in [4.78, 5) is 19.5. The van der Waals surface area contributed by atoms with Gasteiger partial charge < -0.3 is 9.88 Å². The molecule has 0 aromatic carbocycles. The number of hydrogen-bond donors (Lipinski definition) is 1. The molecule has 0 bridgehead atoms. The zero-order valence-corrected chi connectivity index (χ0v) is 7.84. The summed E-state index contributed by atoms with van der Waals surface area (Å²) in [6, 6.07) is 3.40. The Kier molecular flexibility index (Phi) is 2.33. The summed E-state index contributed by atoms with van der Waals surface area (Å²) >= 11 is 0. The molecular formula is C10H8N4O. The van der Waals surface area contributed by atoms with Gasteiger partial charge in [0.05, 0.1) is 12.2 Å². The number of H-pyrrole nitrogens is 1. The van der Waals surface area contributed by atoms with Gasteiger partial charge in [0.1, 0.15) is 11.6 Å². The number of pyridine rings is 1. The Morgan fingerprint density at radius 3 is 3.13 bits per heavy atom. The Hall–Kier alpha value is -2.35. The molecule has 0 fully saturated rings. The molecule has 1 aliphatic rings. The van der Waals surface area contributed by atoms with Crippen molar-refractivity contribution < 1.29 is 0 Å². The molecule has 2 rings (SSSR count). The quantitative estimate of drug-likeness (QED) is 0.721. The predicted octanol–water partition coefficient (Wildman–Crippen LogP) is 0.609. The summed E-state index contributed by atoms with van der Waals surface area (Å²) in [5, 5.41) is 8.71. The van der Waals surface area contributed by atoms with Crippen molar-refractivity contribution >= 4 is 11.9 Å². The standard InChI is InChI=1S/C10H8N4O/c11-6-8-5-9(7-13-10(8)15)14-3-1-12-2-4-14/h1-3,5,7H,4H2,(H,13,15). The molecule has 0 radical (unpaired) electrons. The molecule has 0 atom stereocenters. The first-order valence-electron chi connectivity index (χ1n) is 4.39. The van der Waals surface area contributed by atoms with Gasteiger partial charge in [0.25, 0.3) is 5.56 Å². The van der Waals surface area contributed by atoms with E-state index in [1.807, 2.05) is 11.0 Å². The van der Waals surface area contributed by atoms with Crippen LogP contribution in [0.1, 0.15) is 5.56 Å². The maximum absolute atomic E-state index is 11.1. The molecular weight excluding hydrogens is 192 g/mol. The van der Waals surface area contributed by atoms with Crippen LogP contribution in [0, 0.1) is 11.3 Å². The Morgan fingerprint density at radius 2 is 2.47 bits per heavy atom. The smallest absolute Gasteiger partial charge is 0.265 e. The van der Waals surface area contributed by atoms with Crippen LogP contribution in [0.25, 0.3) is 0 Å². The van der Waals surface area contributed by atoms with Crippen molar-refractivity contribution in [2.24, 2.45) is 4.99 Å². The molecule has 1 aromatic heterocycles. The molecule has 2 heterocycles. The number of anilines is 1. The van der Waals surface area contributed by atoms with E-state index in [2.05, 4.69) is 9.98 Å². The summed E-state index contributed by atoms with van der Waals surface area (Å²) in [5.41, 5.74) is 0.521. The van der Waals surface area contributed by atoms with Crippen LogP contribution in [0.4, 0.5) is 5.69 Å². The summed E-state index contributed by atoms with van der Waals surface area (Å²) in [6.07, 6.45) is 6.76. The van der Waals surface area contributed by atoms with Crippen molar-refractivity contribution in [3.63, 3.8) is 0 Å². The number of aromatic nitrogens is 1. The fraction of sp³-hybridized carbons (Fsp3) is 0.100. The van der Waals surface area contributed by atoms with Crippen molar-refractivity contribution in [1.29, 1.82) is 5.26 Å². The Balaban J connectivity index is 2.38. The number of aromatic amines is 1. The van der Waals surface area contributed by atoms with Gasteiger partial charge >= 0.3 is 0 Å². The molecule has 5 nitrogen and oxygen atoms in total. The summed E-state index contributed by atoms with van der Waals surface area (Å²) in [5.74, 6) is 0. The number of hydrogen-bond acceptors (Lipinski definition) is 4.